The minimum absolute atomic E-state index is 0.182. The summed E-state index contributed by atoms with van der Waals surface area (Å²) in [6.07, 6.45) is 1.23. The lowest BCUT2D eigenvalue weighted by molar-refractivity contribution is -0.139. The molecule has 7 nitrogen and oxygen atoms in total. The molecule has 104 valence electrons. The number of hydrogen-bond acceptors (Lipinski definition) is 5. The summed E-state index contributed by atoms with van der Waals surface area (Å²) in [5.74, 6) is -3.05. The number of fused-ring (bicyclic) bond motifs is 1. The number of amides is 1. The van der Waals surface area contributed by atoms with Crippen LogP contribution in [0.2, 0.25) is 0 Å². The van der Waals surface area contributed by atoms with Crippen molar-refractivity contribution in [3.63, 3.8) is 0 Å². The number of carboxylic acids is 1. The molecule has 0 saturated carbocycles. The van der Waals surface area contributed by atoms with E-state index >= 15 is 0 Å². The summed E-state index contributed by atoms with van der Waals surface area (Å²) in [5, 5.41) is 22.2. The Hall–Kier alpha value is -2.42. The molecule has 0 radical (unpaired) electrons. The predicted octanol–water partition coefficient (Wildman–Crippen LogP) is -0.827. The first-order valence-corrected chi connectivity index (χ1v) is 5.60. The number of aliphatic carboxylic acids is 1. The Balaban J connectivity index is 2.39. The second-order valence-electron chi connectivity index (χ2n) is 4.04. The maximum absolute atomic E-state index is 14.2. The van der Waals surface area contributed by atoms with Crippen LogP contribution in [-0.4, -0.2) is 46.8 Å². The molecule has 0 unspecified atom stereocenters. The molecule has 9 heteroatoms. The zero-order chi connectivity index (χ0) is 14.9. The van der Waals surface area contributed by atoms with Crippen molar-refractivity contribution in [2.45, 2.75) is 6.92 Å². The van der Waals surface area contributed by atoms with E-state index in [4.69, 9.17) is 9.84 Å². The van der Waals surface area contributed by atoms with Gasteiger partial charge in [-0.3, -0.25) is 4.79 Å². The summed E-state index contributed by atoms with van der Waals surface area (Å²) in [7, 11) is -1.58. The molecule has 0 bridgehead atoms. The Morgan fingerprint density at radius 3 is 2.80 bits per heavy atom. The molecule has 1 heterocycles. The molecule has 0 spiro atoms. The standard InChI is InChI=1S/C11H10BFN2O5/c1-6(16)15-12(19)10-7(4-14-15)2-3-8(11(10)13)20-5-9(17)18/h2-4,19H,5H2,1H3,(H,17,18). The first-order valence-electron chi connectivity index (χ1n) is 5.60. The van der Waals surface area contributed by atoms with Crippen molar-refractivity contribution in [3.05, 3.63) is 23.5 Å². The van der Waals surface area contributed by atoms with Gasteiger partial charge in [0.15, 0.2) is 18.2 Å². The fourth-order valence-electron chi connectivity index (χ4n) is 1.78. The van der Waals surface area contributed by atoms with Crippen molar-refractivity contribution < 1.29 is 28.8 Å². The fourth-order valence-corrected chi connectivity index (χ4v) is 1.78. The van der Waals surface area contributed by atoms with E-state index in [-0.39, 0.29) is 16.8 Å². The number of halogens is 1. The van der Waals surface area contributed by atoms with Crippen LogP contribution < -0.4 is 10.2 Å². The lowest BCUT2D eigenvalue weighted by Crippen LogP contribution is -2.53. The van der Waals surface area contributed by atoms with Crippen LogP contribution in [0.1, 0.15) is 12.5 Å². The van der Waals surface area contributed by atoms with E-state index in [0.29, 0.717) is 4.92 Å². The van der Waals surface area contributed by atoms with Gasteiger partial charge in [-0.2, -0.15) is 5.10 Å². The van der Waals surface area contributed by atoms with E-state index in [9.17, 15) is 19.0 Å². The van der Waals surface area contributed by atoms with Crippen molar-refractivity contribution in [1.29, 1.82) is 0 Å². The van der Waals surface area contributed by atoms with Crippen molar-refractivity contribution in [1.82, 2.24) is 4.92 Å². The third kappa shape index (κ3) is 2.48. The lowest BCUT2D eigenvalue weighted by Gasteiger charge is -2.24. The molecule has 0 aromatic heterocycles. The van der Waals surface area contributed by atoms with Gasteiger partial charge in [-0.05, 0) is 17.7 Å². The molecular weight excluding hydrogens is 270 g/mol. The van der Waals surface area contributed by atoms with Crippen LogP contribution in [0, 0.1) is 5.82 Å². The SMILES string of the molecule is CC(=O)N1N=Cc2ccc(OCC(=O)O)c(F)c2B1O. The van der Waals surface area contributed by atoms with Crippen LogP contribution in [0.25, 0.3) is 0 Å². The van der Waals surface area contributed by atoms with Crippen molar-refractivity contribution in [2.75, 3.05) is 6.61 Å². The van der Waals surface area contributed by atoms with Gasteiger partial charge in [-0.1, -0.05) is 0 Å². The first kappa shape index (κ1) is 14.0. The molecule has 0 atom stereocenters. The third-order valence-corrected chi connectivity index (χ3v) is 2.66. The number of nitrogens with zero attached hydrogens (tertiary/aromatic N) is 2. The molecule has 0 aliphatic carbocycles. The molecule has 1 aromatic rings. The van der Waals surface area contributed by atoms with Crippen LogP contribution in [0.3, 0.4) is 0 Å². The van der Waals surface area contributed by atoms with Crippen molar-refractivity contribution >= 4 is 30.6 Å². The minimum Gasteiger partial charge on any atom is -0.479 e. The van der Waals surface area contributed by atoms with Gasteiger partial charge in [-0.15, -0.1) is 0 Å². The quantitative estimate of drug-likeness (QED) is 0.704. The smallest absolute Gasteiger partial charge is 0.477 e. The fraction of sp³-hybridized carbons (Fsp3) is 0.182. The number of ether oxygens (including phenoxy) is 1. The molecule has 2 rings (SSSR count). The molecule has 2 N–H and O–H groups in total. The van der Waals surface area contributed by atoms with E-state index in [1.54, 1.807) is 0 Å². The molecular formula is C11H10BFN2O5. The highest BCUT2D eigenvalue weighted by Gasteiger charge is 2.35. The lowest BCUT2D eigenvalue weighted by atomic mass is 9.69. The Bertz CT molecular complexity index is 607. The summed E-state index contributed by atoms with van der Waals surface area (Å²) in [6, 6.07) is 2.65. The molecule has 20 heavy (non-hydrogen) atoms. The summed E-state index contributed by atoms with van der Waals surface area (Å²) in [6.45, 7) is 0.463. The highest BCUT2D eigenvalue weighted by atomic mass is 19.1. The average Bonchev–Trinajstić information content (AvgIpc) is 2.37. The maximum atomic E-state index is 14.2. The molecule has 1 aliphatic rings. The molecule has 1 amide bonds. The number of rotatable bonds is 3. The van der Waals surface area contributed by atoms with Gasteiger partial charge < -0.3 is 14.9 Å². The van der Waals surface area contributed by atoms with Gasteiger partial charge in [0.1, 0.15) is 0 Å². The molecule has 1 aliphatic heterocycles. The van der Waals surface area contributed by atoms with Crippen LogP contribution >= 0.6 is 0 Å². The average molecular weight is 280 g/mol. The van der Waals surface area contributed by atoms with Crippen LogP contribution in [0.15, 0.2) is 17.2 Å². The zero-order valence-electron chi connectivity index (χ0n) is 10.4. The Morgan fingerprint density at radius 2 is 2.20 bits per heavy atom. The second kappa shape index (κ2) is 5.29. The van der Waals surface area contributed by atoms with E-state index in [0.717, 1.165) is 0 Å². The van der Waals surface area contributed by atoms with E-state index < -0.39 is 31.4 Å². The monoisotopic (exact) mass is 280 g/mol. The molecule has 1 aromatic carbocycles. The van der Waals surface area contributed by atoms with Gasteiger partial charge in [0, 0.05) is 12.4 Å². The van der Waals surface area contributed by atoms with Crippen LogP contribution in [0.5, 0.6) is 5.75 Å². The summed E-state index contributed by atoms with van der Waals surface area (Å²) < 4.78 is 19.0. The van der Waals surface area contributed by atoms with Gasteiger partial charge in [0.25, 0.3) is 0 Å². The number of carbonyl (C=O) groups excluding carboxylic acids is 1. The van der Waals surface area contributed by atoms with Crippen LogP contribution in [-0.2, 0) is 9.59 Å². The van der Waals surface area contributed by atoms with E-state index in [1.807, 2.05) is 0 Å². The second-order valence-corrected chi connectivity index (χ2v) is 4.04. The van der Waals surface area contributed by atoms with Crippen LogP contribution in [0.4, 0.5) is 4.39 Å². The summed E-state index contributed by atoms with van der Waals surface area (Å²) in [4.78, 5) is 22.4. The normalized spacial score (nSPS) is 13.2. The minimum atomic E-state index is -1.58. The highest BCUT2D eigenvalue weighted by molar-refractivity contribution is 6.67. The van der Waals surface area contributed by atoms with Gasteiger partial charge in [0.2, 0.25) is 5.91 Å². The molecule has 0 saturated heterocycles. The third-order valence-electron chi connectivity index (χ3n) is 2.66. The van der Waals surface area contributed by atoms with Crippen molar-refractivity contribution in [3.8, 4) is 5.75 Å². The van der Waals surface area contributed by atoms with Gasteiger partial charge in [-0.25, -0.2) is 14.1 Å². The van der Waals surface area contributed by atoms with Gasteiger partial charge in [0.05, 0.1) is 6.21 Å². The zero-order valence-corrected chi connectivity index (χ0v) is 10.4. The number of carbonyl (C=O) groups is 2. The maximum Gasteiger partial charge on any atom is 0.477 e. The topological polar surface area (TPSA) is 99.4 Å². The summed E-state index contributed by atoms with van der Waals surface area (Å²) in [5.41, 5.74) is 0.105. The van der Waals surface area contributed by atoms with E-state index in [1.165, 1.54) is 25.3 Å². The Labute approximate surface area is 113 Å². The predicted molar refractivity (Wildman–Crippen MR) is 67.3 cm³/mol. The Kier molecular flexibility index (Phi) is 3.71. The number of hydrogen-bond donors (Lipinski definition) is 2. The van der Waals surface area contributed by atoms with E-state index in [2.05, 4.69) is 5.10 Å². The molecule has 0 fully saturated rings. The number of carboxylic acid groups (broad SMARTS) is 1. The van der Waals surface area contributed by atoms with Gasteiger partial charge >= 0.3 is 13.0 Å². The number of benzene rings is 1. The summed E-state index contributed by atoms with van der Waals surface area (Å²) >= 11 is 0. The number of hydrazone groups is 1. The highest BCUT2D eigenvalue weighted by Crippen LogP contribution is 2.19. The Morgan fingerprint density at radius 1 is 1.50 bits per heavy atom. The first-order chi connectivity index (χ1) is 9.41. The van der Waals surface area contributed by atoms with Crippen molar-refractivity contribution in [2.24, 2.45) is 5.10 Å². The largest absolute Gasteiger partial charge is 0.479 e.